The van der Waals surface area contributed by atoms with Gasteiger partial charge in [0.15, 0.2) is 0 Å². The van der Waals surface area contributed by atoms with Crippen LogP contribution in [0.1, 0.15) is 57.1 Å². The van der Waals surface area contributed by atoms with Crippen LogP contribution in [0.2, 0.25) is 5.02 Å². The maximum Gasteiger partial charge on any atom is 0.0410 e. The van der Waals surface area contributed by atoms with Crippen LogP contribution in [0.5, 0.6) is 0 Å². The molecule has 0 aliphatic heterocycles. The minimum absolute atomic E-state index is 0.457. The van der Waals surface area contributed by atoms with Crippen LogP contribution in [0.15, 0.2) is 18.2 Å². The second kappa shape index (κ2) is 7.84. The fraction of sp³-hybridized carbons (Fsp3) is 0.625. The zero-order chi connectivity index (χ0) is 13.7. The first-order valence-electron chi connectivity index (χ1n) is 7.39. The number of hydrogen-bond acceptors (Lipinski definition) is 1. The number of benzene rings is 1. The topological polar surface area (TPSA) is 12.0 Å². The number of nitrogens with one attached hydrogen (secondary N) is 1. The predicted molar refractivity (Wildman–Crippen MR) is 91.8 cm³/mol. The van der Waals surface area contributed by atoms with E-state index in [1.807, 2.05) is 6.07 Å². The lowest BCUT2D eigenvalue weighted by molar-refractivity contribution is 0.301. The Morgan fingerprint density at radius 2 is 2.05 bits per heavy atom. The molecule has 1 fully saturated rings. The third-order valence-corrected chi connectivity index (χ3v) is 5.30. The Morgan fingerprint density at radius 3 is 2.74 bits per heavy atom. The van der Waals surface area contributed by atoms with E-state index in [4.69, 9.17) is 11.6 Å². The van der Waals surface area contributed by atoms with E-state index in [0.29, 0.717) is 6.04 Å². The van der Waals surface area contributed by atoms with Crippen LogP contribution in [0.4, 0.5) is 0 Å². The van der Waals surface area contributed by atoms with E-state index < -0.39 is 0 Å². The Labute approximate surface area is 135 Å². The van der Waals surface area contributed by atoms with Gasteiger partial charge in [0.05, 0.1) is 0 Å². The van der Waals surface area contributed by atoms with Crippen LogP contribution in [0, 0.1) is 9.49 Å². The molecule has 0 spiro atoms. The molecule has 1 aromatic rings. The SMILES string of the molecule is CCNC(CC1CCCCC1)c1cc(Cl)ccc1I. The van der Waals surface area contributed by atoms with Crippen LogP contribution in [-0.2, 0) is 0 Å². The van der Waals surface area contributed by atoms with Crippen molar-refractivity contribution in [2.45, 2.75) is 51.5 Å². The molecule has 0 radical (unpaired) electrons. The van der Waals surface area contributed by atoms with Crippen molar-refractivity contribution >= 4 is 34.2 Å². The molecule has 0 saturated heterocycles. The highest BCUT2D eigenvalue weighted by Gasteiger charge is 2.21. The van der Waals surface area contributed by atoms with Crippen molar-refractivity contribution in [3.8, 4) is 0 Å². The van der Waals surface area contributed by atoms with Crippen molar-refractivity contribution < 1.29 is 0 Å². The quantitative estimate of drug-likeness (QED) is 0.647. The van der Waals surface area contributed by atoms with Gasteiger partial charge in [-0.05, 0) is 65.2 Å². The van der Waals surface area contributed by atoms with E-state index in [1.165, 1.54) is 47.7 Å². The van der Waals surface area contributed by atoms with Gasteiger partial charge in [0.1, 0.15) is 0 Å². The molecule has 1 N–H and O–H groups in total. The first-order valence-corrected chi connectivity index (χ1v) is 8.84. The fourth-order valence-corrected chi connectivity index (χ4v) is 4.00. The summed E-state index contributed by atoms with van der Waals surface area (Å²) in [6, 6.07) is 6.71. The van der Waals surface area contributed by atoms with Crippen LogP contribution in [0.25, 0.3) is 0 Å². The van der Waals surface area contributed by atoms with Gasteiger partial charge in [0.25, 0.3) is 0 Å². The van der Waals surface area contributed by atoms with Gasteiger partial charge in [0, 0.05) is 14.6 Å². The third-order valence-electron chi connectivity index (χ3n) is 4.08. The summed E-state index contributed by atoms with van der Waals surface area (Å²) in [7, 11) is 0. The number of rotatable bonds is 5. The molecule has 2 rings (SSSR count). The van der Waals surface area contributed by atoms with Crippen LogP contribution in [-0.4, -0.2) is 6.54 Å². The number of hydrogen-bond donors (Lipinski definition) is 1. The molecule has 0 bridgehead atoms. The van der Waals surface area contributed by atoms with Crippen LogP contribution in [0.3, 0.4) is 0 Å². The second-order valence-electron chi connectivity index (χ2n) is 5.52. The largest absolute Gasteiger partial charge is 0.310 e. The molecule has 1 nitrogen and oxygen atoms in total. The molecule has 1 aliphatic carbocycles. The van der Waals surface area contributed by atoms with Gasteiger partial charge in [-0.3, -0.25) is 0 Å². The van der Waals surface area contributed by atoms with E-state index in [1.54, 1.807) is 0 Å². The standard InChI is InChI=1S/C16H23ClIN/c1-2-19-16(10-12-6-4-3-5-7-12)14-11-13(17)8-9-15(14)18/h8-9,11-12,16,19H,2-7,10H2,1H3. The lowest BCUT2D eigenvalue weighted by atomic mass is 9.83. The van der Waals surface area contributed by atoms with E-state index in [-0.39, 0.29) is 0 Å². The normalized spacial score (nSPS) is 18.5. The van der Waals surface area contributed by atoms with E-state index >= 15 is 0 Å². The summed E-state index contributed by atoms with van der Waals surface area (Å²) in [4.78, 5) is 0. The average molecular weight is 392 g/mol. The summed E-state index contributed by atoms with van der Waals surface area (Å²) in [5.41, 5.74) is 1.38. The van der Waals surface area contributed by atoms with Crippen molar-refractivity contribution in [1.29, 1.82) is 0 Å². The first-order chi connectivity index (χ1) is 9.20. The van der Waals surface area contributed by atoms with Crippen LogP contribution < -0.4 is 5.32 Å². The van der Waals surface area contributed by atoms with Crippen LogP contribution >= 0.6 is 34.2 Å². The molecule has 3 heteroatoms. The van der Waals surface area contributed by atoms with Gasteiger partial charge in [-0.1, -0.05) is 50.6 Å². The molecular weight excluding hydrogens is 369 g/mol. The Morgan fingerprint density at radius 1 is 1.32 bits per heavy atom. The van der Waals surface area contributed by atoms with Crippen molar-refractivity contribution in [1.82, 2.24) is 5.32 Å². The zero-order valence-electron chi connectivity index (χ0n) is 11.6. The monoisotopic (exact) mass is 391 g/mol. The highest BCUT2D eigenvalue weighted by atomic mass is 127. The van der Waals surface area contributed by atoms with Gasteiger partial charge in [-0.2, -0.15) is 0 Å². The van der Waals surface area contributed by atoms with Gasteiger partial charge < -0.3 is 5.32 Å². The van der Waals surface area contributed by atoms with Crippen molar-refractivity contribution in [3.63, 3.8) is 0 Å². The minimum atomic E-state index is 0.457. The Bertz CT molecular complexity index is 402. The molecule has 1 atom stereocenters. The lowest BCUT2D eigenvalue weighted by Gasteiger charge is -2.28. The minimum Gasteiger partial charge on any atom is -0.310 e. The molecule has 0 aromatic heterocycles. The van der Waals surface area contributed by atoms with Crippen molar-refractivity contribution in [2.75, 3.05) is 6.54 Å². The summed E-state index contributed by atoms with van der Waals surface area (Å²) >= 11 is 8.60. The molecule has 106 valence electrons. The van der Waals surface area contributed by atoms with E-state index in [0.717, 1.165) is 17.5 Å². The molecular formula is C16H23ClIN. The first kappa shape index (κ1) is 15.6. The Hall–Kier alpha value is 0.200. The summed E-state index contributed by atoms with van der Waals surface area (Å²) < 4.78 is 1.32. The lowest BCUT2D eigenvalue weighted by Crippen LogP contribution is -2.25. The molecule has 1 unspecified atom stereocenters. The predicted octanol–water partition coefficient (Wildman–Crippen LogP) is 5.57. The zero-order valence-corrected chi connectivity index (χ0v) is 14.5. The summed E-state index contributed by atoms with van der Waals surface area (Å²) in [5.74, 6) is 0.882. The van der Waals surface area contributed by atoms with E-state index in [9.17, 15) is 0 Å². The average Bonchev–Trinajstić information content (AvgIpc) is 2.42. The summed E-state index contributed by atoms with van der Waals surface area (Å²) in [6.07, 6.45) is 8.31. The molecule has 0 amide bonds. The van der Waals surface area contributed by atoms with Gasteiger partial charge in [-0.15, -0.1) is 0 Å². The molecule has 0 heterocycles. The maximum atomic E-state index is 6.17. The van der Waals surface area contributed by atoms with Gasteiger partial charge in [-0.25, -0.2) is 0 Å². The van der Waals surface area contributed by atoms with Crippen molar-refractivity contribution in [3.05, 3.63) is 32.4 Å². The summed E-state index contributed by atoms with van der Waals surface area (Å²) in [5, 5.41) is 4.50. The molecule has 19 heavy (non-hydrogen) atoms. The fourth-order valence-electron chi connectivity index (χ4n) is 3.10. The third kappa shape index (κ3) is 4.61. The highest BCUT2D eigenvalue weighted by molar-refractivity contribution is 14.1. The smallest absolute Gasteiger partial charge is 0.0410 e. The van der Waals surface area contributed by atoms with E-state index in [2.05, 4.69) is 47.0 Å². The Balaban J connectivity index is 2.11. The molecule has 1 saturated carbocycles. The second-order valence-corrected chi connectivity index (χ2v) is 7.11. The van der Waals surface area contributed by atoms with Crippen molar-refractivity contribution in [2.24, 2.45) is 5.92 Å². The summed E-state index contributed by atoms with van der Waals surface area (Å²) in [6.45, 7) is 3.20. The maximum absolute atomic E-state index is 6.17. The molecule has 1 aromatic carbocycles. The highest BCUT2D eigenvalue weighted by Crippen LogP contribution is 2.34. The Kier molecular flexibility index (Phi) is 6.43. The molecule has 1 aliphatic rings. The van der Waals surface area contributed by atoms with Gasteiger partial charge >= 0.3 is 0 Å². The number of halogens is 2. The van der Waals surface area contributed by atoms with Gasteiger partial charge in [0.2, 0.25) is 0 Å².